The minimum absolute atomic E-state index is 0.0625. The second-order valence-corrected chi connectivity index (χ2v) is 9.83. The number of aryl methyl sites for hydroxylation is 1. The van der Waals surface area contributed by atoms with E-state index in [1.165, 1.54) is 28.7 Å². The van der Waals surface area contributed by atoms with Crippen LogP contribution < -0.4 is 15.5 Å². The van der Waals surface area contributed by atoms with E-state index < -0.39 is 0 Å². The molecule has 1 unspecified atom stereocenters. The number of thioether (sulfide) groups is 1. The summed E-state index contributed by atoms with van der Waals surface area (Å²) in [6, 6.07) is 16.0. The van der Waals surface area contributed by atoms with E-state index in [1.54, 1.807) is 0 Å². The molecule has 1 atom stereocenters. The summed E-state index contributed by atoms with van der Waals surface area (Å²) in [7, 11) is 0. The number of hydrogen-bond donors (Lipinski definition) is 2. The fourth-order valence-electron chi connectivity index (χ4n) is 3.18. The Bertz CT molecular complexity index is 1020. The third-order valence-electron chi connectivity index (χ3n) is 4.83. The SMILES string of the molecule is Cc1cccc(Nc2nnc(SC(C)C(=O)Nc3ccc(N4CCOCC4)cc3)s2)c1. The lowest BCUT2D eigenvalue weighted by Crippen LogP contribution is -2.36. The molecular formula is C22H25N5O2S2. The normalized spacial score (nSPS) is 14.8. The van der Waals surface area contributed by atoms with Gasteiger partial charge in [-0.25, -0.2) is 0 Å². The number of carbonyl (C=O) groups excluding carboxylic acids is 1. The van der Waals surface area contributed by atoms with E-state index >= 15 is 0 Å². The monoisotopic (exact) mass is 455 g/mol. The average molecular weight is 456 g/mol. The molecule has 1 fully saturated rings. The number of morpholine rings is 1. The van der Waals surface area contributed by atoms with Crippen molar-refractivity contribution < 1.29 is 9.53 Å². The van der Waals surface area contributed by atoms with Gasteiger partial charge in [-0.15, -0.1) is 10.2 Å². The zero-order valence-corrected chi connectivity index (χ0v) is 19.1. The largest absolute Gasteiger partial charge is 0.378 e. The molecule has 1 aromatic heterocycles. The Labute approximate surface area is 190 Å². The quantitative estimate of drug-likeness (QED) is 0.506. The molecule has 9 heteroatoms. The number of carbonyl (C=O) groups is 1. The van der Waals surface area contributed by atoms with Gasteiger partial charge in [-0.3, -0.25) is 4.79 Å². The standard InChI is InChI=1S/C22H25N5O2S2/c1-15-4-3-5-18(14-15)24-21-25-26-22(31-21)30-16(2)20(28)23-17-6-8-19(9-7-17)27-10-12-29-13-11-27/h3-9,14,16H,10-13H2,1-2H3,(H,23,28)(H,24,25). The van der Waals surface area contributed by atoms with Crippen molar-refractivity contribution in [2.45, 2.75) is 23.4 Å². The first-order valence-corrected chi connectivity index (χ1v) is 11.8. The molecule has 31 heavy (non-hydrogen) atoms. The molecule has 1 aliphatic rings. The van der Waals surface area contributed by atoms with Crippen molar-refractivity contribution in [1.82, 2.24) is 10.2 Å². The molecule has 162 valence electrons. The summed E-state index contributed by atoms with van der Waals surface area (Å²) in [6.45, 7) is 7.20. The highest BCUT2D eigenvalue weighted by Gasteiger charge is 2.18. The molecule has 0 aliphatic carbocycles. The topological polar surface area (TPSA) is 79.4 Å². The first-order chi connectivity index (χ1) is 15.1. The van der Waals surface area contributed by atoms with Crippen molar-refractivity contribution >= 4 is 51.2 Å². The fourth-order valence-corrected chi connectivity index (χ4v) is 5.10. The minimum Gasteiger partial charge on any atom is -0.378 e. The van der Waals surface area contributed by atoms with Crippen LogP contribution in [0, 0.1) is 6.92 Å². The Morgan fingerprint density at radius 1 is 1.13 bits per heavy atom. The van der Waals surface area contributed by atoms with Gasteiger partial charge in [-0.1, -0.05) is 35.2 Å². The van der Waals surface area contributed by atoms with Crippen LogP contribution >= 0.6 is 23.1 Å². The number of nitrogens with zero attached hydrogens (tertiary/aromatic N) is 3. The third kappa shape index (κ3) is 5.96. The predicted octanol–water partition coefficient (Wildman–Crippen LogP) is 4.55. The highest BCUT2D eigenvalue weighted by atomic mass is 32.2. The lowest BCUT2D eigenvalue weighted by Gasteiger charge is -2.28. The molecule has 1 aliphatic heterocycles. The van der Waals surface area contributed by atoms with Gasteiger partial charge < -0.3 is 20.3 Å². The van der Waals surface area contributed by atoms with Crippen molar-refractivity contribution in [2.24, 2.45) is 0 Å². The van der Waals surface area contributed by atoms with Crippen LogP contribution in [0.25, 0.3) is 0 Å². The fraction of sp³-hybridized carbons (Fsp3) is 0.318. The molecule has 3 aromatic rings. The second kappa shape index (κ2) is 10.1. The zero-order chi connectivity index (χ0) is 21.6. The average Bonchev–Trinajstić information content (AvgIpc) is 3.21. The highest BCUT2D eigenvalue weighted by Crippen LogP contribution is 2.31. The first-order valence-electron chi connectivity index (χ1n) is 10.1. The Morgan fingerprint density at radius 2 is 1.90 bits per heavy atom. The van der Waals surface area contributed by atoms with Crippen LogP contribution in [0.1, 0.15) is 12.5 Å². The number of aromatic nitrogens is 2. The number of rotatable bonds is 7. The summed E-state index contributed by atoms with van der Waals surface area (Å²) in [4.78, 5) is 14.9. The summed E-state index contributed by atoms with van der Waals surface area (Å²) < 4.78 is 6.15. The van der Waals surface area contributed by atoms with Gasteiger partial charge in [0.25, 0.3) is 0 Å². The van der Waals surface area contributed by atoms with Crippen molar-refractivity contribution in [3.05, 3.63) is 54.1 Å². The number of anilines is 4. The first kappa shape index (κ1) is 21.6. The molecule has 2 heterocycles. The molecule has 0 spiro atoms. The number of ether oxygens (including phenoxy) is 1. The highest BCUT2D eigenvalue weighted by molar-refractivity contribution is 8.02. The van der Waals surface area contributed by atoms with Crippen molar-refractivity contribution in [2.75, 3.05) is 41.8 Å². The molecule has 0 saturated carbocycles. The van der Waals surface area contributed by atoms with Gasteiger partial charge in [-0.2, -0.15) is 0 Å². The van der Waals surface area contributed by atoms with Crippen LogP contribution in [-0.4, -0.2) is 47.7 Å². The van der Waals surface area contributed by atoms with E-state index in [0.717, 1.165) is 47.7 Å². The van der Waals surface area contributed by atoms with E-state index in [-0.39, 0.29) is 11.2 Å². The molecule has 0 bridgehead atoms. The maximum absolute atomic E-state index is 12.6. The van der Waals surface area contributed by atoms with Gasteiger partial charge in [0.15, 0.2) is 4.34 Å². The predicted molar refractivity (Wildman–Crippen MR) is 128 cm³/mol. The number of benzene rings is 2. The van der Waals surface area contributed by atoms with E-state index in [4.69, 9.17) is 4.74 Å². The van der Waals surface area contributed by atoms with Crippen LogP contribution in [0.5, 0.6) is 0 Å². The molecule has 1 amide bonds. The number of nitrogens with one attached hydrogen (secondary N) is 2. The van der Waals surface area contributed by atoms with Crippen molar-refractivity contribution in [3.63, 3.8) is 0 Å². The van der Waals surface area contributed by atoms with Crippen LogP contribution in [0.2, 0.25) is 0 Å². The Balaban J connectivity index is 1.30. The summed E-state index contributed by atoms with van der Waals surface area (Å²) in [5.74, 6) is -0.0625. The molecular weight excluding hydrogens is 430 g/mol. The zero-order valence-electron chi connectivity index (χ0n) is 17.5. The molecule has 2 N–H and O–H groups in total. The molecule has 1 saturated heterocycles. The smallest absolute Gasteiger partial charge is 0.237 e. The Morgan fingerprint density at radius 3 is 2.65 bits per heavy atom. The second-order valence-electron chi connectivity index (χ2n) is 7.26. The van der Waals surface area contributed by atoms with Crippen LogP contribution in [0.4, 0.5) is 22.2 Å². The van der Waals surface area contributed by atoms with Crippen molar-refractivity contribution in [1.29, 1.82) is 0 Å². The van der Waals surface area contributed by atoms with E-state index in [0.29, 0.717) is 5.13 Å². The maximum Gasteiger partial charge on any atom is 0.237 e. The van der Waals surface area contributed by atoms with Crippen molar-refractivity contribution in [3.8, 4) is 0 Å². The van der Waals surface area contributed by atoms with E-state index in [2.05, 4.69) is 31.8 Å². The number of hydrogen-bond acceptors (Lipinski definition) is 8. The van der Waals surface area contributed by atoms with E-state index in [1.807, 2.05) is 56.3 Å². The van der Waals surface area contributed by atoms with Gasteiger partial charge in [0.2, 0.25) is 11.0 Å². The van der Waals surface area contributed by atoms with Crippen LogP contribution in [-0.2, 0) is 9.53 Å². The summed E-state index contributed by atoms with van der Waals surface area (Å²) in [5.41, 5.74) is 4.08. The summed E-state index contributed by atoms with van der Waals surface area (Å²) in [6.07, 6.45) is 0. The maximum atomic E-state index is 12.6. The van der Waals surface area contributed by atoms with E-state index in [9.17, 15) is 4.79 Å². The van der Waals surface area contributed by atoms with Gasteiger partial charge in [0, 0.05) is 30.2 Å². The molecule has 0 radical (unpaired) electrons. The lowest BCUT2D eigenvalue weighted by atomic mass is 10.2. The molecule has 7 nitrogen and oxygen atoms in total. The third-order valence-corrected chi connectivity index (χ3v) is 6.86. The summed E-state index contributed by atoms with van der Waals surface area (Å²) >= 11 is 2.84. The summed E-state index contributed by atoms with van der Waals surface area (Å²) in [5, 5.41) is 15.0. The number of amides is 1. The van der Waals surface area contributed by atoms with Gasteiger partial charge in [0.05, 0.1) is 18.5 Å². The minimum atomic E-state index is -0.293. The Hall–Kier alpha value is -2.62. The van der Waals surface area contributed by atoms with Crippen LogP contribution in [0.3, 0.4) is 0 Å². The molecule has 2 aromatic carbocycles. The van der Waals surface area contributed by atoms with Gasteiger partial charge in [0.1, 0.15) is 0 Å². The van der Waals surface area contributed by atoms with Crippen LogP contribution in [0.15, 0.2) is 52.9 Å². The Kier molecular flexibility index (Phi) is 7.06. The molecule has 4 rings (SSSR count). The lowest BCUT2D eigenvalue weighted by molar-refractivity contribution is -0.115. The van der Waals surface area contributed by atoms with Gasteiger partial charge in [-0.05, 0) is 55.8 Å². The van der Waals surface area contributed by atoms with Gasteiger partial charge >= 0.3 is 0 Å².